The van der Waals surface area contributed by atoms with Crippen LogP contribution < -0.4 is 37.7 Å². The zero-order valence-electron chi connectivity index (χ0n) is 14.9. The van der Waals surface area contributed by atoms with E-state index in [1.807, 2.05) is 0 Å². The third kappa shape index (κ3) is 4.40. The Morgan fingerprint density at radius 3 is 0.765 bits per heavy atom. The minimum absolute atomic E-state index is 0. The van der Waals surface area contributed by atoms with Crippen molar-refractivity contribution in [2.24, 2.45) is 0 Å². The molecular weight excluding hydrogens is 247 g/mol. The summed E-state index contributed by atoms with van der Waals surface area (Å²) in [6, 6.07) is 0. The minimum Gasteiger partial charge on any atom is 1.00 e. The van der Waals surface area contributed by atoms with Crippen molar-refractivity contribution < 1.29 is 52.5 Å². The molecule has 0 N–H and O–H groups in total. The molecule has 92 valence electrons. The Labute approximate surface area is 138 Å². The van der Waals surface area contributed by atoms with Crippen LogP contribution in [0.4, 0.5) is 0 Å². The molecule has 0 atom stereocenters. The quantitative estimate of drug-likeness (QED) is 0.604. The first kappa shape index (κ1) is 23.9. The zero-order valence-corrected chi connectivity index (χ0v) is 17.9. The van der Waals surface area contributed by atoms with Crippen molar-refractivity contribution in [1.82, 2.24) is 0 Å². The molecular formula is C14H32Li2Zn. The van der Waals surface area contributed by atoms with Gasteiger partial charge in [0, 0.05) is 0 Å². The van der Waals surface area contributed by atoms with Gasteiger partial charge in [0.1, 0.15) is 0 Å². The maximum absolute atomic E-state index is 2.49. The van der Waals surface area contributed by atoms with Gasteiger partial charge in [-0.3, -0.25) is 0 Å². The second kappa shape index (κ2) is 7.01. The average Bonchev–Trinajstić information content (AvgIpc) is 1.76. The molecule has 0 fully saturated rings. The van der Waals surface area contributed by atoms with Crippen LogP contribution in [0.2, 0.25) is 17.0 Å². The molecule has 3 heteroatoms. The summed E-state index contributed by atoms with van der Waals surface area (Å²) < 4.78 is 1.65. The van der Waals surface area contributed by atoms with Crippen molar-refractivity contribution >= 4 is 0 Å². The van der Waals surface area contributed by atoms with Crippen LogP contribution in [-0.2, 0) is 14.8 Å². The van der Waals surface area contributed by atoms with Gasteiger partial charge in [-0.2, -0.15) is 0 Å². The van der Waals surface area contributed by atoms with E-state index in [2.05, 4.69) is 69.2 Å². The van der Waals surface area contributed by atoms with Crippen LogP contribution in [0.5, 0.6) is 0 Å². The van der Waals surface area contributed by atoms with Crippen LogP contribution in [0.15, 0.2) is 0 Å². The first-order valence-electron chi connectivity index (χ1n) is 6.77. The second-order valence-electron chi connectivity index (χ2n) is 9.46. The monoisotopic (exact) mass is 278 g/mol. The summed E-state index contributed by atoms with van der Waals surface area (Å²) in [4.78, 5) is 0. The molecule has 0 radical (unpaired) electrons. The van der Waals surface area contributed by atoms with Crippen molar-refractivity contribution in [2.75, 3.05) is 0 Å². The molecule has 0 aromatic rings. The fourth-order valence-electron chi connectivity index (χ4n) is 7.02. The smallest absolute Gasteiger partial charge is 1.00 e. The number of hydrogen-bond acceptors (Lipinski definition) is 0. The maximum atomic E-state index is 2.49. The van der Waals surface area contributed by atoms with Crippen LogP contribution in [0.25, 0.3) is 0 Å². The molecule has 17 heavy (non-hydrogen) atoms. The summed E-state index contributed by atoms with van der Waals surface area (Å²) in [5.41, 5.74) is 0. The normalized spacial score (nSPS) is 13.8. The third-order valence-electron chi connectivity index (χ3n) is 6.18. The zero-order chi connectivity index (χ0) is 12.7. The Morgan fingerprint density at radius 2 is 0.765 bits per heavy atom. The van der Waals surface area contributed by atoms with E-state index < -0.39 is 14.8 Å². The molecule has 0 aromatic heterocycles. The van der Waals surface area contributed by atoms with Gasteiger partial charge in [0.25, 0.3) is 0 Å². The van der Waals surface area contributed by atoms with E-state index in [1.54, 1.807) is 0 Å². The van der Waals surface area contributed by atoms with E-state index in [9.17, 15) is 0 Å². The van der Waals surface area contributed by atoms with Crippen molar-refractivity contribution in [3.05, 3.63) is 0 Å². The molecule has 0 nitrogen and oxygen atoms in total. The van der Waals surface area contributed by atoms with Crippen LogP contribution in [0.3, 0.4) is 0 Å². The third-order valence-corrected chi connectivity index (χ3v) is 32.1. The van der Waals surface area contributed by atoms with Gasteiger partial charge in [0.2, 0.25) is 0 Å². The summed E-state index contributed by atoms with van der Waals surface area (Å²) in [7, 11) is 0. The first-order chi connectivity index (χ1) is 6.31. The predicted octanol–water partition coefficient (Wildman–Crippen LogP) is 0.242. The Balaban J connectivity index is -0.000000980. The SMILES string of the molecule is C[CH2][Zn-2]([C](C)(C)C)([C](C)(C)C)[C](C)(C)C.[Li+].[Li+]. The van der Waals surface area contributed by atoms with Gasteiger partial charge < -0.3 is 0 Å². The molecule has 0 unspecified atom stereocenters. The second-order valence-corrected chi connectivity index (χ2v) is 30.3. The van der Waals surface area contributed by atoms with Gasteiger partial charge in [0.05, 0.1) is 0 Å². The standard InChI is InChI=1S/3C4H9.C2H5.2Li.Zn/c3*1-4(2)3;1-2;;;/h3*1-3H3;1H2,2H3;;;/q;;;;2*+1;-2. The summed E-state index contributed by atoms with van der Waals surface area (Å²) in [6.45, 7) is 24.9. The van der Waals surface area contributed by atoms with E-state index in [4.69, 9.17) is 0 Å². The summed E-state index contributed by atoms with van der Waals surface area (Å²) in [6.07, 6.45) is 0. The van der Waals surface area contributed by atoms with Crippen molar-refractivity contribution in [3.8, 4) is 0 Å². The summed E-state index contributed by atoms with van der Waals surface area (Å²) >= 11 is -2.37. The number of hydrogen-bond donors (Lipinski definition) is 0. The molecule has 0 amide bonds. The molecule has 0 bridgehead atoms. The van der Waals surface area contributed by atoms with Crippen LogP contribution in [0, 0.1) is 0 Å². The topological polar surface area (TPSA) is 0 Å². The fraction of sp³-hybridized carbons (Fsp3) is 1.00. The van der Waals surface area contributed by atoms with Crippen molar-refractivity contribution in [1.29, 1.82) is 0 Å². The van der Waals surface area contributed by atoms with Crippen LogP contribution in [0.1, 0.15) is 69.2 Å². The first-order valence-corrected chi connectivity index (χ1v) is 13.3. The Kier molecular flexibility index (Phi) is 9.84. The molecule has 0 aliphatic carbocycles. The molecule has 0 spiro atoms. The molecule has 0 heterocycles. The molecule has 0 saturated heterocycles. The average molecular weight is 280 g/mol. The Morgan fingerprint density at radius 1 is 0.588 bits per heavy atom. The molecule has 0 aliphatic rings. The van der Waals surface area contributed by atoms with Gasteiger partial charge >= 0.3 is 139 Å². The van der Waals surface area contributed by atoms with E-state index in [0.717, 1.165) is 0 Å². The van der Waals surface area contributed by atoms with Crippen LogP contribution in [-0.4, -0.2) is 0 Å². The molecule has 0 aromatic carbocycles. The summed E-state index contributed by atoms with van der Waals surface area (Å²) in [5, 5.41) is 1.46. The van der Waals surface area contributed by atoms with E-state index in [1.165, 1.54) is 5.02 Å². The van der Waals surface area contributed by atoms with E-state index >= 15 is 0 Å². The maximum Gasteiger partial charge on any atom is 1.00 e. The largest absolute Gasteiger partial charge is 1.00 e. The Bertz CT molecular complexity index is 180. The molecule has 0 aliphatic heterocycles. The predicted molar refractivity (Wildman–Crippen MR) is 69.6 cm³/mol. The Hall–Kier alpha value is 1.82. The molecule has 0 saturated carbocycles. The van der Waals surface area contributed by atoms with Gasteiger partial charge in [-0.05, 0) is 0 Å². The van der Waals surface area contributed by atoms with Crippen LogP contribution >= 0.6 is 0 Å². The van der Waals surface area contributed by atoms with Gasteiger partial charge in [-0.15, -0.1) is 0 Å². The minimum atomic E-state index is -2.37. The number of rotatable bonds is 1. The van der Waals surface area contributed by atoms with E-state index in [-0.39, 0.29) is 37.7 Å². The molecule has 0 rings (SSSR count). The van der Waals surface area contributed by atoms with E-state index in [0.29, 0.717) is 12.0 Å². The van der Waals surface area contributed by atoms with Crippen molar-refractivity contribution in [2.45, 2.75) is 86.3 Å². The van der Waals surface area contributed by atoms with Crippen molar-refractivity contribution in [3.63, 3.8) is 0 Å². The van der Waals surface area contributed by atoms with Gasteiger partial charge in [-0.1, -0.05) is 0 Å². The fourth-order valence-corrected chi connectivity index (χ4v) is 36.5. The summed E-state index contributed by atoms with van der Waals surface area (Å²) in [5.74, 6) is 0. The van der Waals surface area contributed by atoms with Gasteiger partial charge in [-0.25, -0.2) is 0 Å². The van der Waals surface area contributed by atoms with Gasteiger partial charge in [0.15, 0.2) is 0 Å².